The third-order valence-electron chi connectivity index (χ3n) is 5.53. The lowest BCUT2D eigenvalue weighted by Gasteiger charge is -2.32. The first-order chi connectivity index (χ1) is 13.2. The Morgan fingerprint density at radius 2 is 1.89 bits per heavy atom. The quantitative estimate of drug-likeness (QED) is 0.868. The summed E-state index contributed by atoms with van der Waals surface area (Å²) in [5, 5.41) is 10.1. The van der Waals surface area contributed by atoms with Crippen LogP contribution in [0.3, 0.4) is 0 Å². The molecule has 2 aromatic rings. The van der Waals surface area contributed by atoms with Gasteiger partial charge in [0, 0.05) is 43.9 Å². The Bertz CT molecular complexity index is 753. The van der Waals surface area contributed by atoms with Crippen molar-refractivity contribution in [2.75, 3.05) is 38.2 Å². The first kappa shape index (κ1) is 18.0. The molecule has 0 spiro atoms. The maximum Gasteiger partial charge on any atom is 0.228 e. The summed E-state index contributed by atoms with van der Waals surface area (Å²) in [6.45, 7) is 4.90. The molecule has 0 aliphatic carbocycles. The molecule has 2 saturated heterocycles. The second-order valence-electron chi connectivity index (χ2n) is 7.40. The summed E-state index contributed by atoms with van der Waals surface area (Å²) in [6.07, 6.45) is 6.31. The van der Waals surface area contributed by atoms with E-state index >= 15 is 0 Å². The molecule has 0 aromatic carbocycles. The van der Waals surface area contributed by atoms with Crippen molar-refractivity contribution in [3.63, 3.8) is 0 Å². The number of ether oxygens (including phenoxy) is 1. The van der Waals surface area contributed by atoms with Crippen molar-refractivity contribution >= 4 is 5.95 Å². The van der Waals surface area contributed by atoms with Crippen LogP contribution in [0.1, 0.15) is 42.9 Å². The van der Waals surface area contributed by atoms with Gasteiger partial charge < -0.3 is 14.7 Å². The average molecular weight is 369 g/mol. The fraction of sp³-hybridized carbons (Fsp3) is 0.550. The van der Waals surface area contributed by atoms with E-state index in [0.29, 0.717) is 17.7 Å². The molecular formula is C20H27N5O2. The van der Waals surface area contributed by atoms with Crippen LogP contribution in [-0.2, 0) is 6.54 Å². The Balaban J connectivity index is 1.37. The summed E-state index contributed by atoms with van der Waals surface area (Å²) < 4.78 is 5.12. The van der Waals surface area contributed by atoms with Gasteiger partial charge in [0.2, 0.25) is 17.7 Å². The van der Waals surface area contributed by atoms with E-state index in [2.05, 4.69) is 25.8 Å². The van der Waals surface area contributed by atoms with Crippen molar-refractivity contribution in [2.45, 2.75) is 38.1 Å². The molecule has 2 aliphatic heterocycles. The van der Waals surface area contributed by atoms with Crippen LogP contribution in [0.2, 0.25) is 0 Å². The standard InChI is InChI=1S/C20H27N5O2/c1-27-19-5-4-15(13-21-19)14-24-10-6-16(7-11-24)17-12-18(26)23-20(22-17)25-8-2-3-9-25/h4-5,12-13,16H,2-3,6-11,14H2,1H3,(H,22,23,26). The molecule has 0 unspecified atom stereocenters. The summed E-state index contributed by atoms with van der Waals surface area (Å²) in [6, 6.07) is 5.72. The molecule has 1 N–H and O–H groups in total. The number of hydrogen-bond acceptors (Lipinski definition) is 7. The first-order valence-electron chi connectivity index (χ1n) is 9.75. The molecule has 144 valence electrons. The summed E-state index contributed by atoms with van der Waals surface area (Å²) in [7, 11) is 1.63. The number of rotatable bonds is 5. The molecular weight excluding hydrogens is 342 g/mol. The van der Waals surface area contributed by atoms with Gasteiger partial charge >= 0.3 is 0 Å². The zero-order valence-electron chi connectivity index (χ0n) is 15.8. The summed E-state index contributed by atoms with van der Waals surface area (Å²) >= 11 is 0. The Kier molecular flexibility index (Phi) is 5.38. The van der Waals surface area contributed by atoms with Gasteiger partial charge in [0.05, 0.1) is 12.8 Å². The van der Waals surface area contributed by atoms with Crippen LogP contribution in [0.5, 0.6) is 11.8 Å². The minimum Gasteiger partial charge on any atom is -0.493 e. The van der Waals surface area contributed by atoms with E-state index in [1.807, 2.05) is 12.3 Å². The van der Waals surface area contributed by atoms with Crippen LogP contribution in [0.4, 0.5) is 5.95 Å². The number of nitrogens with zero attached hydrogens (tertiary/aromatic N) is 5. The van der Waals surface area contributed by atoms with Crippen molar-refractivity contribution in [3.05, 3.63) is 35.7 Å². The molecule has 0 radical (unpaired) electrons. The van der Waals surface area contributed by atoms with Crippen molar-refractivity contribution in [2.24, 2.45) is 0 Å². The Morgan fingerprint density at radius 3 is 2.56 bits per heavy atom. The van der Waals surface area contributed by atoms with Gasteiger partial charge in [-0.05, 0) is 44.3 Å². The fourth-order valence-corrected chi connectivity index (χ4v) is 3.98. The summed E-state index contributed by atoms with van der Waals surface area (Å²) in [5.74, 6) is 1.81. The van der Waals surface area contributed by atoms with Crippen molar-refractivity contribution in [1.82, 2.24) is 19.9 Å². The van der Waals surface area contributed by atoms with Crippen LogP contribution in [0, 0.1) is 0 Å². The number of aromatic nitrogens is 3. The molecule has 0 amide bonds. The fourth-order valence-electron chi connectivity index (χ4n) is 3.98. The Morgan fingerprint density at radius 1 is 1.11 bits per heavy atom. The molecule has 27 heavy (non-hydrogen) atoms. The van der Waals surface area contributed by atoms with Gasteiger partial charge in [-0.3, -0.25) is 4.90 Å². The molecule has 7 nitrogen and oxygen atoms in total. The molecule has 2 fully saturated rings. The maximum absolute atomic E-state index is 10.1. The largest absolute Gasteiger partial charge is 0.493 e. The van der Waals surface area contributed by atoms with E-state index in [4.69, 9.17) is 9.72 Å². The van der Waals surface area contributed by atoms with Gasteiger partial charge in [-0.2, -0.15) is 4.98 Å². The van der Waals surface area contributed by atoms with Crippen LogP contribution < -0.4 is 9.64 Å². The second kappa shape index (κ2) is 8.08. The van der Waals surface area contributed by atoms with Gasteiger partial charge in [0.15, 0.2) is 0 Å². The van der Waals surface area contributed by atoms with E-state index in [1.54, 1.807) is 13.2 Å². The monoisotopic (exact) mass is 369 g/mol. The third-order valence-corrected chi connectivity index (χ3v) is 5.53. The average Bonchev–Trinajstić information content (AvgIpc) is 3.24. The highest BCUT2D eigenvalue weighted by Crippen LogP contribution is 2.30. The highest BCUT2D eigenvalue weighted by molar-refractivity contribution is 5.36. The molecule has 0 bridgehead atoms. The topological polar surface area (TPSA) is 74.6 Å². The lowest BCUT2D eigenvalue weighted by Crippen LogP contribution is -2.33. The molecule has 0 atom stereocenters. The summed E-state index contributed by atoms with van der Waals surface area (Å²) in [4.78, 5) is 17.9. The molecule has 4 rings (SSSR count). The van der Waals surface area contributed by atoms with E-state index in [1.165, 1.54) is 18.4 Å². The van der Waals surface area contributed by atoms with Crippen LogP contribution in [-0.4, -0.2) is 58.2 Å². The van der Waals surface area contributed by atoms with Gasteiger partial charge in [-0.25, -0.2) is 9.97 Å². The predicted octanol–water partition coefficient (Wildman–Crippen LogP) is 2.57. The highest BCUT2D eigenvalue weighted by Gasteiger charge is 2.24. The van der Waals surface area contributed by atoms with E-state index < -0.39 is 0 Å². The third kappa shape index (κ3) is 4.30. The predicted molar refractivity (Wildman–Crippen MR) is 103 cm³/mol. The highest BCUT2D eigenvalue weighted by atomic mass is 16.5. The minimum atomic E-state index is 0.0913. The van der Waals surface area contributed by atoms with Crippen molar-refractivity contribution < 1.29 is 9.84 Å². The van der Waals surface area contributed by atoms with Gasteiger partial charge in [-0.1, -0.05) is 6.07 Å². The first-order valence-corrected chi connectivity index (χ1v) is 9.75. The van der Waals surface area contributed by atoms with Crippen LogP contribution >= 0.6 is 0 Å². The van der Waals surface area contributed by atoms with E-state index in [9.17, 15) is 5.11 Å². The number of aromatic hydroxyl groups is 1. The molecule has 2 aromatic heterocycles. The van der Waals surface area contributed by atoms with E-state index in [-0.39, 0.29) is 5.88 Å². The SMILES string of the molecule is COc1ccc(CN2CCC(c3cc(O)nc(N4CCCC4)n3)CC2)cn1. The lowest BCUT2D eigenvalue weighted by atomic mass is 9.93. The molecule has 7 heteroatoms. The number of pyridine rings is 1. The molecule has 4 heterocycles. The Hall–Kier alpha value is -2.41. The Labute approximate surface area is 160 Å². The molecule has 0 saturated carbocycles. The lowest BCUT2D eigenvalue weighted by molar-refractivity contribution is 0.203. The number of piperidine rings is 1. The smallest absolute Gasteiger partial charge is 0.228 e. The molecule has 2 aliphatic rings. The van der Waals surface area contributed by atoms with E-state index in [0.717, 1.165) is 51.3 Å². The van der Waals surface area contributed by atoms with Crippen molar-refractivity contribution in [1.29, 1.82) is 0 Å². The maximum atomic E-state index is 10.1. The summed E-state index contributed by atoms with van der Waals surface area (Å²) in [5.41, 5.74) is 2.18. The van der Waals surface area contributed by atoms with Crippen molar-refractivity contribution in [3.8, 4) is 11.8 Å². The zero-order valence-corrected chi connectivity index (χ0v) is 15.8. The number of methoxy groups -OCH3 is 1. The van der Waals surface area contributed by atoms with Crippen LogP contribution in [0.15, 0.2) is 24.4 Å². The van der Waals surface area contributed by atoms with Gasteiger partial charge in [0.1, 0.15) is 0 Å². The van der Waals surface area contributed by atoms with Gasteiger partial charge in [0.25, 0.3) is 0 Å². The second-order valence-corrected chi connectivity index (χ2v) is 7.40. The van der Waals surface area contributed by atoms with Gasteiger partial charge in [-0.15, -0.1) is 0 Å². The normalized spacial score (nSPS) is 18.8. The number of anilines is 1. The zero-order chi connectivity index (χ0) is 18.6. The van der Waals surface area contributed by atoms with Crippen LogP contribution in [0.25, 0.3) is 0 Å². The number of hydrogen-bond donors (Lipinski definition) is 1. The minimum absolute atomic E-state index is 0.0913. The number of likely N-dealkylation sites (tertiary alicyclic amines) is 1.